The third kappa shape index (κ3) is 3.63. The lowest BCUT2D eigenvalue weighted by atomic mass is 10.1. The van der Waals surface area contributed by atoms with E-state index < -0.39 is 0 Å². The molecule has 0 N–H and O–H groups in total. The molecule has 0 saturated carbocycles. The van der Waals surface area contributed by atoms with Gasteiger partial charge < -0.3 is 4.52 Å². The molecule has 0 amide bonds. The first kappa shape index (κ1) is 14.7. The van der Waals surface area contributed by atoms with E-state index >= 15 is 0 Å². The molecule has 2 aromatic rings. The number of halogens is 1. The summed E-state index contributed by atoms with van der Waals surface area (Å²) in [6, 6.07) is 4.95. The van der Waals surface area contributed by atoms with Crippen LogP contribution in [-0.2, 0) is 6.54 Å². The van der Waals surface area contributed by atoms with Crippen LogP contribution in [0.25, 0.3) is 11.4 Å². The minimum atomic E-state index is -0.256. The summed E-state index contributed by atoms with van der Waals surface area (Å²) in [6.07, 6.45) is 2.29. The monoisotopic (exact) mass is 277 g/mol. The Morgan fingerprint density at radius 1 is 1.35 bits per heavy atom. The summed E-state index contributed by atoms with van der Waals surface area (Å²) < 4.78 is 18.7. The molecule has 5 heteroatoms. The fourth-order valence-corrected chi connectivity index (χ4v) is 1.91. The van der Waals surface area contributed by atoms with Crippen molar-refractivity contribution in [2.45, 2.75) is 33.2 Å². The number of aryl methyl sites for hydroxylation is 1. The summed E-state index contributed by atoms with van der Waals surface area (Å²) in [4.78, 5) is 6.45. The molecule has 0 atom stereocenters. The van der Waals surface area contributed by atoms with Crippen LogP contribution in [0.2, 0.25) is 0 Å². The highest BCUT2D eigenvalue weighted by molar-refractivity contribution is 5.54. The van der Waals surface area contributed by atoms with E-state index in [1.165, 1.54) is 6.07 Å². The second-order valence-electron chi connectivity index (χ2n) is 5.07. The molecular weight excluding hydrogens is 257 g/mol. The lowest BCUT2D eigenvalue weighted by Gasteiger charge is -2.12. The molecule has 2 rings (SSSR count). The van der Waals surface area contributed by atoms with E-state index in [2.05, 4.69) is 22.0 Å². The van der Waals surface area contributed by atoms with E-state index in [1.807, 2.05) is 7.05 Å². The Morgan fingerprint density at radius 2 is 2.15 bits per heavy atom. The van der Waals surface area contributed by atoms with Gasteiger partial charge in [0.05, 0.1) is 6.54 Å². The molecule has 4 nitrogen and oxygen atoms in total. The zero-order chi connectivity index (χ0) is 14.5. The van der Waals surface area contributed by atoms with Crippen molar-refractivity contribution < 1.29 is 8.91 Å². The number of rotatable bonds is 6. The number of benzene rings is 1. The molecule has 0 aliphatic rings. The third-order valence-corrected chi connectivity index (χ3v) is 3.20. The second-order valence-corrected chi connectivity index (χ2v) is 5.07. The van der Waals surface area contributed by atoms with E-state index in [-0.39, 0.29) is 5.82 Å². The maximum absolute atomic E-state index is 13.5. The van der Waals surface area contributed by atoms with Crippen molar-refractivity contribution in [3.63, 3.8) is 0 Å². The van der Waals surface area contributed by atoms with Gasteiger partial charge in [-0.15, -0.1) is 0 Å². The molecule has 0 bridgehead atoms. The quantitative estimate of drug-likeness (QED) is 0.811. The largest absolute Gasteiger partial charge is 0.338 e. The first-order valence-electron chi connectivity index (χ1n) is 6.87. The molecule has 1 heterocycles. The van der Waals surface area contributed by atoms with Crippen LogP contribution >= 0.6 is 0 Å². The highest BCUT2D eigenvalue weighted by Crippen LogP contribution is 2.19. The van der Waals surface area contributed by atoms with Gasteiger partial charge in [0.1, 0.15) is 5.82 Å². The van der Waals surface area contributed by atoms with Gasteiger partial charge in [-0.05, 0) is 38.6 Å². The van der Waals surface area contributed by atoms with Gasteiger partial charge in [-0.2, -0.15) is 4.98 Å². The Morgan fingerprint density at radius 3 is 2.85 bits per heavy atom. The zero-order valence-electron chi connectivity index (χ0n) is 12.2. The lowest BCUT2D eigenvalue weighted by Crippen LogP contribution is -2.19. The number of hydrogen-bond donors (Lipinski definition) is 0. The molecule has 0 radical (unpaired) electrons. The smallest absolute Gasteiger partial charge is 0.241 e. The van der Waals surface area contributed by atoms with Gasteiger partial charge in [-0.25, -0.2) is 4.39 Å². The Kier molecular flexibility index (Phi) is 4.84. The van der Waals surface area contributed by atoms with Gasteiger partial charge in [0.25, 0.3) is 0 Å². The third-order valence-electron chi connectivity index (χ3n) is 3.20. The first-order valence-corrected chi connectivity index (χ1v) is 6.87. The summed E-state index contributed by atoms with van der Waals surface area (Å²) in [5.74, 6) is 0.733. The Bertz CT molecular complexity index is 568. The van der Waals surface area contributed by atoms with Crippen molar-refractivity contribution in [2.24, 2.45) is 0 Å². The van der Waals surface area contributed by atoms with Crippen molar-refractivity contribution in [1.29, 1.82) is 0 Å². The molecule has 20 heavy (non-hydrogen) atoms. The van der Waals surface area contributed by atoms with Crippen molar-refractivity contribution in [3.05, 3.63) is 35.5 Å². The normalized spacial score (nSPS) is 11.2. The predicted octanol–water partition coefficient (Wildman–Crippen LogP) is 3.42. The second kappa shape index (κ2) is 6.61. The van der Waals surface area contributed by atoms with Crippen LogP contribution in [0, 0.1) is 12.7 Å². The average Bonchev–Trinajstić information content (AvgIpc) is 2.88. The summed E-state index contributed by atoms with van der Waals surface area (Å²) in [5, 5.41) is 3.91. The lowest BCUT2D eigenvalue weighted by molar-refractivity contribution is 0.264. The average molecular weight is 277 g/mol. The highest BCUT2D eigenvalue weighted by atomic mass is 19.1. The molecule has 0 spiro atoms. The molecule has 108 valence electrons. The van der Waals surface area contributed by atoms with Gasteiger partial charge >= 0.3 is 0 Å². The van der Waals surface area contributed by atoms with Crippen LogP contribution < -0.4 is 0 Å². The maximum atomic E-state index is 13.5. The summed E-state index contributed by atoms with van der Waals surface area (Å²) >= 11 is 0. The summed E-state index contributed by atoms with van der Waals surface area (Å²) in [5.41, 5.74) is 1.25. The van der Waals surface area contributed by atoms with Crippen LogP contribution in [0.4, 0.5) is 4.39 Å². The minimum Gasteiger partial charge on any atom is -0.338 e. The van der Waals surface area contributed by atoms with Crippen molar-refractivity contribution in [2.75, 3.05) is 13.6 Å². The highest BCUT2D eigenvalue weighted by Gasteiger charge is 2.11. The van der Waals surface area contributed by atoms with Gasteiger partial charge in [-0.1, -0.05) is 30.6 Å². The van der Waals surface area contributed by atoms with E-state index in [1.54, 1.807) is 19.1 Å². The zero-order valence-corrected chi connectivity index (χ0v) is 12.2. The standard InChI is InChI=1S/C15H20FN3O/c1-4-5-8-19(3)10-14-17-15(18-20-14)12-7-6-11(2)13(16)9-12/h6-7,9H,4-5,8,10H2,1-3H3. The molecule has 0 aliphatic carbocycles. The number of aromatic nitrogens is 2. The van der Waals surface area contributed by atoms with Crippen LogP contribution in [0.1, 0.15) is 31.2 Å². The molecule has 1 aromatic carbocycles. The van der Waals surface area contributed by atoms with Crippen LogP contribution in [0.3, 0.4) is 0 Å². The fourth-order valence-electron chi connectivity index (χ4n) is 1.91. The van der Waals surface area contributed by atoms with Crippen molar-refractivity contribution in [3.8, 4) is 11.4 Å². The number of unbranched alkanes of at least 4 members (excludes halogenated alkanes) is 1. The number of hydrogen-bond acceptors (Lipinski definition) is 4. The van der Waals surface area contributed by atoms with Gasteiger partial charge in [-0.3, -0.25) is 4.90 Å². The summed E-state index contributed by atoms with van der Waals surface area (Å²) in [7, 11) is 2.02. The van der Waals surface area contributed by atoms with Crippen LogP contribution in [0.15, 0.2) is 22.7 Å². The molecule has 0 aliphatic heterocycles. The molecule has 0 unspecified atom stereocenters. The van der Waals surface area contributed by atoms with E-state index in [9.17, 15) is 4.39 Å². The summed E-state index contributed by atoms with van der Waals surface area (Å²) in [6.45, 7) is 5.49. The SMILES string of the molecule is CCCCN(C)Cc1nc(-c2ccc(C)c(F)c2)no1. The van der Waals surface area contributed by atoms with Crippen molar-refractivity contribution in [1.82, 2.24) is 15.0 Å². The van der Waals surface area contributed by atoms with Crippen LogP contribution in [0.5, 0.6) is 0 Å². The van der Waals surface area contributed by atoms with Gasteiger partial charge in [0.2, 0.25) is 11.7 Å². The Balaban J connectivity index is 2.06. The maximum Gasteiger partial charge on any atom is 0.241 e. The minimum absolute atomic E-state index is 0.256. The Labute approximate surface area is 118 Å². The molecule has 0 saturated heterocycles. The molecular formula is C15H20FN3O. The van der Waals surface area contributed by atoms with E-state index in [0.29, 0.717) is 29.4 Å². The fraction of sp³-hybridized carbons (Fsp3) is 0.467. The number of nitrogens with zero attached hydrogens (tertiary/aromatic N) is 3. The predicted molar refractivity (Wildman–Crippen MR) is 75.7 cm³/mol. The first-order chi connectivity index (χ1) is 9.60. The van der Waals surface area contributed by atoms with E-state index in [0.717, 1.165) is 19.4 Å². The van der Waals surface area contributed by atoms with Gasteiger partial charge in [0, 0.05) is 5.56 Å². The van der Waals surface area contributed by atoms with Gasteiger partial charge in [0.15, 0.2) is 0 Å². The molecule has 0 fully saturated rings. The Hall–Kier alpha value is -1.75. The van der Waals surface area contributed by atoms with E-state index in [4.69, 9.17) is 4.52 Å². The molecule has 1 aromatic heterocycles. The van der Waals surface area contributed by atoms with Crippen molar-refractivity contribution >= 4 is 0 Å². The van der Waals surface area contributed by atoms with Crippen LogP contribution in [-0.4, -0.2) is 28.6 Å². The topological polar surface area (TPSA) is 42.2 Å².